The molecule has 1 aromatic heterocycles. The van der Waals surface area contributed by atoms with E-state index in [1.54, 1.807) is 6.20 Å². The molecule has 0 amide bonds. The lowest BCUT2D eigenvalue weighted by atomic mass is 10.1. The molecule has 1 fully saturated rings. The van der Waals surface area contributed by atoms with Gasteiger partial charge in [0.25, 0.3) is 0 Å². The standard InChI is InChI=1S/C21H22F2N2O2S.ClH/c22-16-6-5-15(19(23)13-16)7-10-25-11-8-17(9-12-25)28(26,27)21-14-24-20-4-2-1-3-18(20)21;/h1-6,13-14,17,24H,7-12H2;1H. The molecule has 0 aliphatic carbocycles. The number of nitrogens with one attached hydrogen (secondary N) is 1. The number of sulfone groups is 1. The summed E-state index contributed by atoms with van der Waals surface area (Å²) >= 11 is 0. The summed E-state index contributed by atoms with van der Waals surface area (Å²) in [4.78, 5) is 5.55. The fraction of sp³-hybridized carbons (Fsp3) is 0.333. The minimum absolute atomic E-state index is 0. The zero-order chi connectivity index (χ0) is 19.7. The largest absolute Gasteiger partial charge is 0.360 e. The number of likely N-dealkylation sites (tertiary alicyclic amines) is 1. The van der Waals surface area contributed by atoms with E-state index in [1.807, 2.05) is 24.3 Å². The monoisotopic (exact) mass is 440 g/mol. The van der Waals surface area contributed by atoms with Crippen LogP contribution < -0.4 is 0 Å². The third-order valence-corrected chi connectivity index (χ3v) is 7.84. The van der Waals surface area contributed by atoms with Crippen LogP contribution in [0.25, 0.3) is 10.9 Å². The predicted molar refractivity (Wildman–Crippen MR) is 112 cm³/mol. The summed E-state index contributed by atoms with van der Waals surface area (Å²) in [6.07, 6.45) is 3.16. The Bertz CT molecular complexity index is 1090. The molecule has 0 bridgehead atoms. The molecule has 4 nitrogen and oxygen atoms in total. The predicted octanol–water partition coefficient (Wildman–Crippen LogP) is 4.35. The second-order valence-electron chi connectivity index (χ2n) is 7.27. The summed E-state index contributed by atoms with van der Waals surface area (Å²) in [5.74, 6) is -1.11. The van der Waals surface area contributed by atoms with Crippen molar-refractivity contribution < 1.29 is 17.2 Å². The van der Waals surface area contributed by atoms with Crippen molar-refractivity contribution in [2.24, 2.45) is 0 Å². The van der Waals surface area contributed by atoms with Crippen LogP contribution in [0.4, 0.5) is 8.78 Å². The van der Waals surface area contributed by atoms with Crippen molar-refractivity contribution in [2.45, 2.75) is 29.4 Å². The Labute approximate surface area is 175 Å². The summed E-state index contributed by atoms with van der Waals surface area (Å²) in [6, 6.07) is 11.0. The van der Waals surface area contributed by atoms with Crippen LogP contribution in [0, 0.1) is 11.6 Å². The van der Waals surface area contributed by atoms with Crippen molar-refractivity contribution in [3.8, 4) is 0 Å². The van der Waals surface area contributed by atoms with Crippen LogP contribution in [0.1, 0.15) is 18.4 Å². The molecule has 29 heavy (non-hydrogen) atoms. The van der Waals surface area contributed by atoms with E-state index in [9.17, 15) is 17.2 Å². The first-order valence-corrected chi connectivity index (χ1v) is 11.0. The lowest BCUT2D eigenvalue weighted by Crippen LogP contribution is -2.40. The minimum Gasteiger partial charge on any atom is -0.360 e. The van der Waals surface area contributed by atoms with Crippen molar-refractivity contribution in [3.63, 3.8) is 0 Å². The Kier molecular flexibility index (Phi) is 6.61. The maximum Gasteiger partial charge on any atom is 0.183 e. The van der Waals surface area contributed by atoms with E-state index in [-0.39, 0.29) is 12.4 Å². The molecule has 2 heterocycles. The first kappa shape index (κ1) is 21.7. The molecule has 1 N–H and O–H groups in total. The van der Waals surface area contributed by atoms with Gasteiger partial charge in [-0.3, -0.25) is 0 Å². The molecule has 0 radical (unpaired) electrons. The van der Waals surface area contributed by atoms with Gasteiger partial charge in [0.2, 0.25) is 0 Å². The average Bonchev–Trinajstić information content (AvgIpc) is 3.13. The molecule has 156 valence electrons. The van der Waals surface area contributed by atoms with Gasteiger partial charge in [0, 0.05) is 29.7 Å². The molecule has 0 atom stereocenters. The van der Waals surface area contributed by atoms with E-state index in [0.29, 0.717) is 49.4 Å². The number of aromatic nitrogens is 1. The summed E-state index contributed by atoms with van der Waals surface area (Å²) < 4.78 is 53.0. The number of aromatic amines is 1. The zero-order valence-corrected chi connectivity index (χ0v) is 17.4. The first-order chi connectivity index (χ1) is 13.4. The fourth-order valence-corrected chi connectivity index (χ4v) is 5.80. The van der Waals surface area contributed by atoms with Crippen LogP contribution in [0.3, 0.4) is 0 Å². The summed E-state index contributed by atoms with van der Waals surface area (Å²) in [7, 11) is -3.41. The topological polar surface area (TPSA) is 53.2 Å². The normalized spacial score (nSPS) is 16.1. The second-order valence-corrected chi connectivity index (χ2v) is 9.47. The Morgan fingerprint density at radius 1 is 1.07 bits per heavy atom. The number of fused-ring (bicyclic) bond motifs is 1. The smallest absolute Gasteiger partial charge is 0.183 e. The maximum atomic E-state index is 13.8. The number of rotatable bonds is 5. The Hall–Kier alpha value is -1.96. The van der Waals surface area contributed by atoms with Gasteiger partial charge >= 0.3 is 0 Å². The number of hydrogen-bond donors (Lipinski definition) is 1. The summed E-state index contributed by atoms with van der Waals surface area (Å²) in [5.41, 5.74) is 1.30. The van der Waals surface area contributed by atoms with Crippen molar-refractivity contribution in [1.82, 2.24) is 9.88 Å². The average molecular weight is 441 g/mol. The Morgan fingerprint density at radius 3 is 2.52 bits per heavy atom. The number of halogens is 3. The van der Waals surface area contributed by atoms with E-state index in [0.717, 1.165) is 17.0 Å². The number of nitrogens with zero attached hydrogens (tertiary/aromatic N) is 1. The van der Waals surface area contributed by atoms with Gasteiger partial charge in [0.15, 0.2) is 9.84 Å². The number of piperidine rings is 1. The highest BCUT2D eigenvalue weighted by molar-refractivity contribution is 7.92. The molecule has 0 spiro atoms. The Morgan fingerprint density at radius 2 is 1.79 bits per heavy atom. The van der Waals surface area contributed by atoms with E-state index in [2.05, 4.69) is 9.88 Å². The minimum atomic E-state index is -3.41. The van der Waals surface area contributed by atoms with Gasteiger partial charge in [0.1, 0.15) is 11.6 Å². The molecule has 0 saturated carbocycles. The molecular formula is C21H23ClF2N2O2S. The van der Waals surface area contributed by atoms with Crippen LogP contribution in [0.5, 0.6) is 0 Å². The van der Waals surface area contributed by atoms with E-state index in [1.165, 1.54) is 12.1 Å². The molecule has 0 unspecified atom stereocenters. The van der Waals surface area contributed by atoms with Gasteiger partial charge in [0.05, 0.1) is 10.1 Å². The van der Waals surface area contributed by atoms with Gasteiger partial charge in [-0.25, -0.2) is 17.2 Å². The molecule has 4 rings (SSSR count). The van der Waals surface area contributed by atoms with Crippen LogP contribution in [-0.2, 0) is 16.3 Å². The third kappa shape index (κ3) is 4.47. The number of benzene rings is 2. The highest BCUT2D eigenvalue weighted by Gasteiger charge is 2.32. The Balaban J connectivity index is 0.00000240. The van der Waals surface area contributed by atoms with Gasteiger partial charge in [-0.1, -0.05) is 24.3 Å². The van der Waals surface area contributed by atoms with Gasteiger partial charge in [-0.2, -0.15) is 0 Å². The summed E-state index contributed by atoms with van der Waals surface area (Å²) in [5, 5.41) is 0.322. The molecule has 1 aliphatic rings. The molecule has 8 heteroatoms. The zero-order valence-electron chi connectivity index (χ0n) is 15.8. The molecule has 1 saturated heterocycles. The van der Waals surface area contributed by atoms with Crippen molar-refractivity contribution in [3.05, 3.63) is 65.9 Å². The molecule has 3 aromatic rings. The first-order valence-electron chi connectivity index (χ1n) is 9.41. The highest BCUT2D eigenvalue weighted by atomic mass is 35.5. The fourth-order valence-electron chi connectivity index (χ4n) is 3.91. The second kappa shape index (κ2) is 8.81. The van der Waals surface area contributed by atoms with E-state index >= 15 is 0 Å². The highest BCUT2D eigenvalue weighted by Crippen LogP contribution is 2.30. The van der Waals surface area contributed by atoms with E-state index < -0.39 is 26.7 Å². The summed E-state index contributed by atoms with van der Waals surface area (Å²) in [6.45, 7) is 1.92. The number of para-hydroxylation sites is 1. The lowest BCUT2D eigenvalue weighted by Gasteiger charge is -2.31. The quantitative estimate of drug-likeness (QED) is 0.641. The van der Waals surface area contributed by atoms with Gasteiger partial charge in [-0.15, -0.1) is 12.4 Å². The van der Waals surface area contributed by atoms with Crippen LogP contribution in [0.15, 0.2) is 53.6 Å². The van der Waals surface area contributed by atoms with Gasteiger partial charge < -0.3 is 9.88 Å². The van der Waals surface area contributed by atoms with Crippen molar-refractivity contribution in [2.75, 3.05) is 19.6 Å². The van der Waals surface area contributed by atoms with Crippen LogP contribution in [0.2, 0.25) is 0 Å². The van der Waals surface area contributed by atoms with Crippen molar-refractivity contribution >= 4 is 33.1 Å². The van der Waals surface area contributed by atoms with Crippen LogP contribution in [-0.4, -0.2) is 43.2 Å². The van der Waals surface area contributed by atoms with Crippen molar-refractivity contribution in [1.29, 1.82) is 0 Å². The lowest BCUT2D eigenvalue weighted by molar-refractivity contribution is 0.232. The SMILES string of the molecule is Cl.O=S(=O)(c1c[nH]c2ccccc12)C1CCN(CCc2ccc(F)cc2F)CC1. The molecular weight excluding hydrogens is 418 g/mol. The number of H-pyrrole nitrogens is 1. The number of hydrogen-bond acceptors (Lipinski definition) is 3. The molecule has 1 aliphatic heterocycles. The molecule has 2 aromatic carbocycles. The maximum absolute atomic E-state index is 13.8. The third-order valence-electron chi connectivity index (χ3n) is 5.54. The van der Waals surface area contributed by atoms with Gasteiger partial charge in [-0.05, 0) is 50.0 Å². The van der Waals surface area contributed by atoms with E-state index in [4.69, 9.17) is 0 Å². The van der Waals surface area contributed by atoms with Crippen LogP contribution >= 0.6 is 12.4 Å².